The van der Waals surface area contributed by atoms with Gasteiger partial charge in [0, 0.05) is 6.61 Å². The lowest BCUT2D eigenvalue weighted by Crippen LogP contribution is -2.10. The molecule has 2 heteroatoms. The summed E-state index contributed by atoms with van der Waals surface area (Å²) in [4.78, 5) is 0. The van der Waals surface area contributed by atoms with E-state index in [1.165, 1.54) is 60.1 Å². The number of hydrogen-bond acceptors (Lipinski definition) is 2. The molecule has 190 valence electrons. The number of hydrogen-bond donors (Lipinski definition) is 2. The molecule has 0 heterocycles. The van der Waals surface area contributed by atoms with Crippen LogP contribution in [0, 0.1) is 0 Å². The van der Waals surface area contributed by atoms with E-state index in [0.717, 1.165) is 24.0 Å². The second-order valence-electron chi connectivity index (χ2n) is 11.5. The van der Waals surface area contributed by atoms with Gasteiger partial charge in [0.05, 0.1) is 6.61 Å². The van der Waals surface area contributed by atoms with E-state index in [1.54, 1.807) is 0 Å². The number of aryl methyl sites for hydroxylation is 1. The molecule has 6 aromatic carbocycles. The Labute approximate surface area is 224 Å². The molecule has 2 nitrogen and oxygen atoms in total. The highest BCUT2D eigenvalue weighted by atomic mass is 16.3. The number of benzene rings is 6. The second-order valence-corrected chi connectivity index (χ2v) is 11.5. The van der Waals surface area contributed by atoms with Crippen LogP contribution in [0.3, 0.4) is 0 Å². The van der Waals surface area contributed by atoms with Crippen molar-refractivity contribution in [2.24, 2.45) is 0 Å². The molecule has 6 aromatic rings. The Morgan fingerprint density at radius 3 is 1.58 bits per heavy atom. The monoisotopic (exact) mass is 498 g/mol. The van der Waals surface area contributed by atoms with Crippen LogP contribution in [-0.2, 0) is 18.4 Å². The Bertz CT molecular complexity index is 1720. The Balaban J connectivity index is 1.66. The summed E-state index contributed by atoms with van der Waals surface area (Å²) in [5, 5.41) is 26.5. The quantitative estimate of drug-likeness (QED) is 0.226. The molecule has 0 radical (unpaired) electrons. The summed E-state index contributed by atoms with van der Waals surface area (Å²) in [6.07, 6.45) is 1.66. The maximum absolute atomic E-state index is 9.59. The zero-order valence-electron chi connectivity index (χ0n) is 22.4. The van der Waals surface area contributed by atoms with Crippen LogP contribution in [0.4, 0.5) is 0 Å². The van der Waals surface area contributed by atoms with Gasteiger partial charge in [0.2, 0.25) is 0 Å². The highest BCUT2D eigenvalue weighted by molar-refractivity contribution is 6.28. The summed E-state index contributed by atoms with van der Waals surface area (Å²) in [6, 6.07) is 33.3. The Morgan fingerprint density at radius 2 is 1.11 bits per heavy atom. The van der Waals surface area contributed by atoms with E-state index in [4.69, 9.17) is 0 Å². The normalized spacial score (nSPS) is 12.2. The van der Waals surface area contributed by atoms with Crippen molar-refractivity contribution in [3.63, 3.8) is 0 Å². The SMILES string of the molecule is CC(C)(C)c1cc2ccc3c(-c4ccc(CO)cc4)cc(-c4ccc(CCCO)cc4)c4ccc(c1)c2c34. The molecule has 0 aliphatic rings. The number of aliphatic hydroxyl groups is 2. The molecular formula is C36H34O2. The molecule has 0 amide bonds. The minimum Gasteiger partial charge on any atom is -0.396 e. The van der Waals surface area contributed by atoms with Crippen molar-refractivity contribution >= 4 is 32.3 Å². The van der Waals surface area contributed by atoms with Gasteiger partial charge in [0.1, 0.15) is 0 Å². The molecule has 0 aliphatic heterocycles. The Kier molecular flexibility index (Phi) is 6.18. The predicted octanol–water partition coefficient (Wildman–Crippen LogP) is 8.63. The van der Waals surface area contributed by atoms with Crippen molar-refractivity contribution < 1.29 is 10.2 Å². The van der Waals surface area contributed by atoms with Crippen molar-refractivity contribution in [3.05, 3.63) is 108 Å². The zero-order chi connectivity index (χ0) is 26.4. The van der Waals surface area contributed by atoms with Gasteiger partial charge in [-0.3, -0.25) is 0 Å². The third-order valence-corrected chi connectivity index (χ3v) is 7.92. The number of rotatable bonds is 6. The molecule has 2 N–H and O–H groups in total. The van der Waals surface area contributed by atoms with Gasteiger partial charge >= 0.3 is 0 Å². The fourth-order valence-corrected chi connectivity index (χ4v) is 5.75. The van der Waals surface area contributed by atoms with Gasteiger partial charge in [-0.05, 0) is 95.6 Å². The summed E-state index contributed by atoms with van der Waals surface area (Å²) < 4.78 is 0. The van der Waals surface area contributed by atoms with Crippen molar-refractivity contribution in [1.82, 2.24) is 0 Å². The standard InChI is InChI=1S/C36H34O2/c1-36(2,3)29-19-27-14-16-30-32(25-10-6-23(7-11-25)5-4-18-37)21-33(26-12-8-24(22-38)9-13-26)31-17-15-28(20-29)34(27)35(30)31/h6-17,19-21,37-38H,4-5,18,22H2,1-3H3. The minimum absolute atomic E-state index is 0.0444. The van der Waals surface area contributed by atoms with Gasteiger partial charge in [-0.1, -0.05) is 106 Å². The maximum Gasteiger partial charge on any atom is 0.0681 e. The van der Waals surface area contributed by atoms with Crippen molar-refractivity contribution in [2.75, 3.05) is 6.61 Å². The predicted molar refractivity (Wildman–Crippen MR) is 161 cm³/mol. The van der Waals surface area contributed by atoms with Crippen LogP contribution in [0.1, 0.15) is 43.9 Å². The first kappa shape index (κ1) is 24.6. The first-order chi connectivity index (χ1) is 18.4. The maximum atomic E-state index is 9.59. The van der Waals surface area contributed by atoms with Gasteiger partial charge in [-0.2, -0.15) is 0 Å². The van der Waals surface area contributed by atoms with Crippen LogP contribution in [0.25, 0.3) is 54.6 Å². The summed E-state index contributed by atoms with van der Waals surface area (Å²) in [6.45, 7) is 7.08. The van der Waals surface area contributed by atoms with E-state index in [0.29, 0.717) is 0 Å². The van der Waals surface area contributed by atoms with Crippen LogP contribution in [0.5, 0.6) is 0 Å². The number of aliphatic hydroxyl groups excluding tert-OH is 2. The summed E-state index contributed by atoms with van der Waals surface area (Å²) in [7, 11) is 0. The third-order valence-electron chi connectivity index (χ3n) is 7.92. The van der Waals surface area contributed by atoms with Gasteiger partial charge in [-0.25, -0.2) is 0 Å². The highest BCUT2D eigenvalue weighted by Crippen LogP contribution is 2.45. The molecule has 0 saturated carbocycles. The van der Waals surface area contributed by atoms with Crippen molar-refractivity contribution in [2.45, 2.75) is 45.6 Å². The molecule has 6 rings (SSSR count). The largest absolute Gasteiger partial charge is 0.396 e. The average Bonchev–Trinajstić information content (AvgIpc) is 2.94. The lowest BCUT2D eigenvalue weighted by molar-refractivity contribution is 0.282. The summed E-state index contributed by atoms with van der Waals surface area (Å²) >= 11 is 0. The molecule has 0 saturated heterocycles. The van der Waals surface area contributed by atoms with Gasteiger partial charge < -0.3 is 10.2 Å². The van der Waals surface area contributed by atoms with E-state index in [1.807, 2.05) is 12.1 Å². The van der Waals surface area contributed by atoms with Crippen LogP contribution < -0.4 is 0 Å². The van der Waals surface area contributed by atoms with Crippen LogP contribution in [0.15, 0.2) is 91.0 Å². The molecule has 0 bridgehead atoms. The fourth-order valence-electron chi connectivity index (χ4n) is 5.75. The fraction of sp³-hybridized carbons (Fsp3) is 0.222. The first-order valence-electron chi connectivity index (χ1n) is 13.5. The van der Waals surface area contributed by atoms with Crippen molar-refractivity contribution in [3.8, 4) is 22.3 Å². The Hall–Kier alpha value is -3.72. The van der Waals surface area contributed by atoms with E-state index < -0.39 is 0 Å². The average molecular weight is 499 g/mol. The van der Waals surface area contributed by atoms with Gasteiger partial charge in [0.25, 0.3) is 0 Å². The molecule has 0 aromatic heterocycles. The third kappa shape index (κ3) is 4.24. The molecule has 38 heavy (non-hydrogen) atoms. The lowest BCUT2D eigenvalue weighted by atomic mass is 9.81. The van der Waals surface area contributed by atoms with Gasteiger partial charge in [-0.15, -0.1) is 0 Å². The van der Waals surface area contributed by atoms with Gasteiger partial charge in [0.15, 0.2) is 0 Å². The molecular weight excluding hydrogens is 464 g/mol. The highest BCUT2D eigenvalue weighted by Gasteiger charge is 2.20. The van der Waals surface area contributed by atoms with Crippen LogP contribution >= 0.6 is 0 Å². The van der Waals surface area contributed by atoms with E-state index in [-0.39, 0.29) is 18.6 Å². The van der Waals surface area contributed by atoms with E-state index >= 15 is 0 Å². The zero-order valence-corrected chi connectivity index (χ0v) is 22.4. The topological polar surface area (TPSA) is 40.5 Å². The molecule has 0 atom stereocenters. The Morgan fingerprint density at radius 1 is 0.579 bits per heavy atom. The minimum atomic E-state index is 0.0444. The first-order valence-corrected chi connectivity index (χ1v) is 13.5. The molecule has 0 spiro atoms. The van der Waals surface area contributed by atoms with Crippen LogP contribution in [-0.4, -0.2) is 16.8 Å². The summed E-state index contributed by atoms with van der Waals surface area (Å²) in [5.74, 6) is 0. The lowest BCUT2D eigenvalue weighted by Gasteiger charge is -2.23. The van der Waals surface area contributed by atoms with E-state index in [9.17, 15) is 10.2 Å². The molecule has 0 fully saturated rings. The molecule has 0 aliphatic carbocycles. The second kappa shape index (κ2) is 9.54. The summed E-state index contributed by atoms with van der Waals surface area (Å²) in [5.41, 5.74) is 8.36. The molecule has 0 unspecified atom stereocenters. The van der Waals surface area contributed by atoms with E-state index in [2.05, 4.69) is 99.6 Å². The van der Waals surface area contributed by atoms with Crippen molar-refractivity contribution in [1.29, 1.82) is 0 Å². The van der Waals surface area contributed by atoms with Crippen LogP contribution in [0.2, 0.25) is 0 Å². The smallest absolute Gasteiger partial charge is 0.0681 e.